The Morgan fingerprint density at radius 2 is 2.00 bits per heavy atom. The summed E-state index contributed by atoms with van der Waals surface area (Å²) in [7, 11) is 0. The molecule has 0 spiro atoms. The molecule has 14 heavy (non-hydrogen) atoms. The van der Waals surface area contributed by atoms with Gasteiger partial charge in [-0.3, -0.25) is 0 Å². The maximum atomic E-state index is 13.1. The van der Waals surface area contributed by atoms with Gasteiger partial charge < -0.3 is 0 Å². The van der Waals surface area contributed by atoms with Gasteiger partial charge in [-0.25, -0.2) is 4.39 Å². The van der Waals surface area contributed by atoms with E-state index in [9.17, 15) is 4.39 Å². The number of halogens is 1. The molecule has 1 heteroatoms. The Balaban J connectivity index is 2.42. The Morgan fingerprint density at radius 1 is 1.29 bits per heavy atom. The molecule has 2 rings (SSSR count). The van der Waals surface area contributed by atoms with Crippen molar-refractivity contribution in [1.82, 2.24) is 0 Å². The molecule has 0 unspecified atom stereocenters. The van der Waals surface area contributed by atoms with Gasteiger partial charge in [0.2, 0.25) is 0 Å². The lowest BCUT2D eigenvalue weighted by Gasteiger charge is -2.22. The van der Waals surface area contributed by atoms with Gasteiger partial charge in [-0.15, -0.1) is 6.42 Å². The van der Waals surface area contributed by atoms with Crippen molar-refractivity contribution in [2.75, 3.05) is 0 Å². The standard InChI is InChI=1S/C13H13F/c1-2-13(8-3-4-9-13)11-6-5-7-12(14)10-11/h1,5-7,10H,3-4,8-9H2. The van der Waals surface area contributed by atoms with Gasteiger partial charge in [-0.1, -0.05) is 30.9 Å². The van der Waals surface area contributed by atoms with E-state index in [2.05, 4.69) is 5.92 Å². The lowest BCUT2D eigenvalue weighted by Crippen LogP contribution is -2.19. The molecular formula is C13H13F. The molecule has 1 fully saturated rings. The Bertz CT molecular complexity index is 367. The van der Waals surface area contributed by atoms with Crippen LogP contribution in [-0.4, -0.2) is 0 Å². The number of terminal acetylenes is 1. The summed E-state index contributed by atoms with van der Waals surface area (Å²) < 4.78 is 13.1. The summed E-state index contributed by atoms with van der Waals surface area (Å²) in [5, 5.41) is 0. The van der Waals surface area contributed by atoms with Crippen molar-refractivity contribution in [1.29, 1.82) is 0 Å². The molecule has 1 saturated carbocycles. The molecule has 0 N–H and O–H groups in total. The summed E-state index contributed by atoms with van der Waals surface area (Å²) >= 11 is 0. The molecule has 1 aromatic rings. The van der Waals surface area contributed by atoms with Gasteiger partial charge >= 0.3 is 0 Å². The average Bonchev–Trinajstić information content (AvgIpc) is 2.67. The third kappa shape index (κ3) is 1.42. The highest BCUT2D eigenvalue weighted by Gasteiger charge is 2.33. The van der Waals surface area contributed by atoms with Gasteiger partial charge in [0.25, 0.3) is 0 Å². The second kappa shape index (κ2) is 3.46. The van der Waals surface area contributed by atoms with Crippen LogP contribution in [0.15, 0.2) is 24.3 Å². The highest BCUT2D eigenvalue weighted by atomic mass is 19.1. The van der Waals surface area contributed by atoms with Crippen LogP contribution in [0, 0.1) is 18.2 Å². The predicted molar refractivity (Wildman–Crippen MR) is 55.4 cm³/mol. The molecule has 1 aliphatic carbocycles. The first-order valence-corrected chi connectivity index (χ1v) is 5.01. The van der Waals surface area contributed by atoms with Crippen LogP contribution in [0.3, 0.4) is 0 Å². The third-order valence-corrected chi connectivity index (χ3v) is 3.11. The zero-order valence-corrected chi connectivity index (χ0v) is 8.09. The molecule has 1 aliphatic rings. The van der Waals surface area contributed by atoms with Crippen LogP contribution in [0.5, 0.6) is 0 Å². The van der Waals surface area contributed by atoms with E-state index in [1.54, 1.807) is 12.1 Å². The fraction of sp³-hybridized carbons (Fsp3) is 0.385. The monoisotopic (exact) mass is 188 g/mol. The van der Waals surface area contributed by atoms with E-state index < -0.39 is 0 Å². The fourth-order valence-electron chi connectivity index (χ4n) is 2.28. The van der Waals surface area contributed by atoms with E-state index in [0.29, 0.717) is 0 Å². The SMILES string of the molecule is C#CC1(c2cccc(F)c2)CCCC1. The lowest BCUT2D eigenvalue weighted by atomic mass is 9.80. The van der Waals surface area contributed by atoms with Gasteiger partial charge in [-0.05, 0) is 30.5 Å². The van der Waals surface area contributed by atoms with Crippen molar-refractivity contribution in [2.45, 2.75) is 31.1 Å². The summed E-state index contributed by atoms with van der Waals surface area (Å²) in [6.07, 6.45) is 9.87. The average molecular weight is 188 g/mol. The van der Waals surface area contributed by atoms with Gasteiger partial charge in [0.1, 0.15) is 5.82 Å². The molecule has 0 bridgehead atoms. The first kappa shape index (κ1) is 9.27. The molecule has 0 amide bonds. The zero-order valence-electron chi connectivity index (χ0n) is 8.09. The Kier molecular flexibility index (Phi) is 2.29. The maximum Gasteiger partial charge on any atom is 0.123 e. The van der Waals surface area contributed by atoms with Gasteiger partial charge in [0.05, 0.1) is 5.41 Å². The normalized spacial score (nSPS) is 19.1. The molecule has 1 aromatic carbocycles. The minimum Gasteiger partial charge on any atom is -0.207 e. The smallest absolute Gasteiger partial charge is 0.123 e. The highest BCUT2D eigenvalue weighted by molar-refractivity contribution is 5.35. The molecule has 0 heterocycles. The van der Waals surface area contributed by atoms with Crippen LogP contribution >= 0.6 is 0 Å². The van der Waals surface area contributed by atoms with Crippen LogP contribution in [0.1, 0.15) is 31.2 Å². The van der Waals surface area contributed by atoms with Crippen molar-refractivity contribution in [2.24, 2.45) is 0 Å². The molecule has 0 aliphatic heterocycles. The van der Waals surface area contributed by atoms with Crippen molar-refractivity contribution in [3.05, 3.63) is 35.6 Å². The number of rotatable bonds is 1. The van der Waals surface area contributed by atoms with E-state index in [1.807, 2.05) is 6.07 Å². The molecule has 0 aromatic heterocycles. The highest BCUT2D eigenvalue weighted by Crippen LogP contribution is 2.40. The van der Waals surface area contributed by atoms with E-state index in [-0.39, 0.29) is 11.2 Å². The van der Waals surface area contributed by atoms with Crippen molar-refractivity contribution < 1.29 is 4.39 Å². The zero-order chi connectivity index (χ0) is 10.0. The fourth-order valence-corrected chi connectivity index (χ4v) is 2.28. The van der Waals surface area contributed by atoms with E-state index in [0.717, 1.165) is 31.2 Å². The summed E-state index contributed by atoms with van der Waals surface area (Å²) in [5.74, 6) is 2.66. The molecule has 0 radical (unpaired) electrons. The van der Waals surface area contributed by atoms with Crippen molar-refractivity contribution >= 4 is 0 Å². The second-order valence-corrected chi connectivity index (χ2v) is 3.94. The minimum absolute atomic E-state index is 0.191. The summed E-state index contributed by atoms with van der Waals surface area (Å²) in [6, 6.07) is 6.71. The lowest BCUT2D eigenvalue weighted by molar-refractivity contribution is 0.567. The largest absolute Gasteiger partial charge is 0.207 e. The van der Waals surface area contributed by atoms with Crippen LogP contribution < -0.4 is 0 Å². The van der Waals surface area contributed by atoms with Crippen molar-refractivity contribution in [3.63, 3.8) is 0 Å². The molecule has 0 nitrogen and oxygen atoms in total. The minimum atomic E-state index is -0.192. The molecule has 0 atom stereocenters. The third-order valence-electron chi connectivity index (χ3n) is 3.11. The Labute approximate surface area is 84.1 Å². The number of hydrogen-bond donors (Lipinski definition) is 0. The first-order valence-electron chi connectivity index (χ1n) is 5.01. The number of benzene rings is 1. The molecule has 0 saturated heterocycles. The predicted octanol–water partition coefficient (Wildman–Crippen LogP) is 3.27. The van der Waals surface area contributed by atoms with E-state index in [1.165, 1.54) is 6.07 Å². The van der Waals surface area contributed by atoms with Gasteiger partial charge in [-0.2, -0.15) is 0 Å². The van der Waals surface area contributed by atoms with Crippen LogP contribution in [0.4, 0.5) is 4.39 Å². The molecule has 72 valence electrons. The Hall–Kier alpha value is -1.29. The van der Waals surface area contributed by atoms with Gasteiger partial charge in [0, 0.05) is 0 Å². The summed E-state index contributed by atoms with van der Waals surface area (Å²) in [4.78, 5) is 0. The quantitative estimate of drug-likeness (QED) is 0.593. The summed E-state index contributed by atoms with van der Waals surface area (Å²) in [6.45, 7) is 0. The number of hydrogen-bond acceptors (Lipinski definition) is 0. The maximum absolute atomic E-state index is 13.1. The van der Waals surface area contributed by atoms with E-state index >= 15 is 0 Å². The second-order valence-electron chi connectivity index (χ2n) is 3.94. The van der Waals surface area contributed by atoms with Crippen LogP contribution in [0.2, 0.25) is 0 Å². The van der Waals surface area contributed by atoms with Crippen LogP contribution in [-0.2, 0) is 5.41 Å². The Morgan fingerprint density at radius 3 is 2.57 bits per heavy atom. The van der Waals surface area contributed by atoms with Crippen molar-refractivity contribution in [3.8, 4) is 12.3 Å². The summed E-state index contributed by atoms with van der Waals surface area (Å²) in [5.41, 5.74) is 0.778. The van der Waals surface area contributed by atoms with E-state index in [4.69, 9.17) is 6.42 Å². The van der Waals surface area contributed by atoms with Gasteiger partial charge in [0.15, 0.2) is 0 Å². The topological polar surface area (TPSA) is 0 Å². The molecular weight excluding hydrogens is 175 g/mol. The van der Waals surface area contributed by atoms with Crippen LogP contribution in [0.25, 0.3) is 0 Å². The first-order chi connectivity index (χ1) is 6.77.